The average Bonchev–Trinajstić information content (AvgIpc) is 2.95. The number of alkyl halides is 3. The third kappa shape index (κ3) is 5.42. The molecule has 3 rings (SSSR count). The van der Waals surface area contributed by atoms with Crippen LogP contribution in [0, 0.1) is 0 Å². The molecule has 154 valence electrons. The van der Waals surface area contributed by atoms with Gasteiger partial charge >= 0.3 is 5.57 Å². The molecule has 1 N–H and O–H groups in total. The quantitative estimate of drug-likeness (QED) is 0.520. The van der Waals surface area contributed by atoms with E-state index in [0.29, 0.717) is 13.0 Å². The zero-order chi connectivity index (χ0) is 21.0. The first-order valence-electron chi connectivity index (χ1n) is 8.86. The van der Waals surface area contributed by atoms with Gasteiger partial charge in [0.1, 0.15) is 11.5 Å². The van der Waals surface area contributed by atoms with Crippen molar-refractivity contribution in [3.8, 4) is 11.5 Å². The number of ether oxygens (including phenoxy) is 2. The second-order valence-electron chi connectivity index (χ2n) is 6.42. The summed E-state index contributed by atoms with van der Waals surface area (Å²) in [6.07, 6.45) is 0.708. The van der Waals surface area contributed by atoms with Gasteiger partial charge in [0.05, 0.1) is 25.3 Å². The Bertz CT molecular complexity index is 870. The standard InChI is InChI=1S/C20H19ClF2N2O4/c1-28-15-6-2-13(3-7-15)10-11-24-17-12-18(26)25(19(17)27)14-4-8-16(9-5-14)29-20(21,22)23/h2-9,17,24H,10-12H2,1H3. The summed E-state index contributed by atoms with van der Waals surface area (Å²) < 4.78 is 34.7. The van der Waals surface area contributed by atoms with Crippen LogP contribution in [0.2, 0.25) is 0 Å². The summed E-state index contributed by atoms with van der Waals surface area (Å²) in [4.78, 5) is 25.9. The number of halogens is 3. The highest BCUT2D eigenvalue weighted by molar-refractivity contribution is 6.22. The molecule has 0 aliphatic carbocycles. The second-order valence-corrected chi connectivity index (χ2v) is 6.86. The highest BCUT2D eigenvalue weighted by Crippen LogP contribution is 2.29. The highest BCUT2D eigenvalue weighted by Gasteiger charge is 2.39. The zero-order valence-corrected chi connectivity index (χ0v) is 16.3. The third-order valence-corrected chi connectivity index (χ3v) is 4.52. The number of nitrogens with one attached hydrogen (secondary N) is 1. The molecule has 1 saturated heterocycles. The predicted molar refractivity (Wildman–Crippen MR) is 103 cm³/mol. The van der Waals surface area contributed by atoms with Crippen LogP contribution in [0.1, 0.15) is 12.0 Å². The van der Waals surface area contributed by atoms with Crippen LogP contribution in [0.4, 0.5) is 14.5 Å². The molecule has 2 aromatic rings. The number of nitrogens with zero attached hydrogens (tertiary/aromatic N) is 1. The summed E-state index contributed by atoms with van der Waals surface area (Å²) in [6.45, 7) is 0.515. The molecule has 2 amide bonds. The summed E-state index contributed by atoms with van der Waals surface area (Å²) in [6, 6.07) is 12.1. The van der Waals surface area contributed by atoms with Crippen LogP contribution in [-0.4, -0.2) is 37.1 Å². The minimum absolute atomic E-state index is 0.0272. The molecule has 1 aliphatic rings. The van der Waals surface area contributed by atoms with Crippen LogP contribution >= 0.6 is 11.6 Å². The molecule has 0 spiro atoms. The van der Waals surface area contributed by atoms with Gasteiger partial charge in [0, 0.05) is 11.6 Å². The Morgan fingerprint density at radius 2 is 1.72 bits per heavy atom. The lowest BCUT2D eigenvalue weighted by molar-refractivity contribution is -0.121. The number of methoxy groups -OCH3 is 1. The normalized spacial score (nSPS) is 17.0. The van der Waals surface area contributed by atoms with E-state index in [4.69, 9.17) is 16.3 Å². The van der Waals surface area contributed by atoms with Gasteiger partial charge < -0.3 is 14.8 Å². The van der Waals surface area contributed by atoms with E-state index in [-0.39, 0.29) is 29.7 Å². The van der Waals surface area contributed by atoms with Gasteiger partial charge in [-0.15, -0.1) is 8.78 Å². The van der Waals surface area contributed by atoms with E-state index in [2.05, 4.69) is 10.1 Å². The maximum atomic E-state index is 12.7. The Kier molecular flexibility index (Phi) is 6.34. The lowest BCUT2D eigenvalue weighted by atomic mass is 10.1. The number of amides is 2. The maximum Gasteiger partial charge on any atom is 0.487 e. The van der Waals surface area contributed by atoms with Crippen molar-refractivity contribution in [2.75, 3.05) is 18.6 Å². The maximum absolute atomic E-state index is 12.7. The number of hydrogen-bond donors (Lipinski definition) is 1. The molecule has 1 fully saturated rings. The Balaban J connectivity index is 1.57. The lowest BCUT2D eigenvalue weighted by Gasteiger charge is -2.17. The molecular formula is C20H19ClF2N2O4. The average molecular weight is 425 g/mol. The fourth-order valence-corrected chi connectivity index (χ4v) is 3.13. The van der Waals surface area contributed by atoms with Crippen molar-refractivity contribution in [2.24, 2.45) is 0 Å². The Labute approximate surface area is 171 Å². The van der Waals surface area contributed by atoms with Gasteiger partial charge in [-0.25, -0.2) is 4.90 Å². The number of hydrogen-bond acceptors (Lipinski definition) is 5. The van der Waals surface area contributed by atoms with Crippen molar-refractivity contribution >= 4 is 29.1 Å². The van der Waals surface area contributed by atoms with Crippen molar-refractivity contribution in [1.29, 1.82) is 0 Å². The smallest absolute Gasteiger partial charge is 0.487 e. The summed E-state index contributed by atoms with van der Waals surface area (Å²) in [7, 11) is 1.60. The number of carbonyl (C=O) groups is 2. The molecule has 9 heteroatoms. The summed E-state index contributed by atoms with van der Waals surface area (Å²) in [5.41, 5.74) is -2.48. The highest BCUT2D eigenvalue weighted by atomic mass is 35.5. The fraction of sp³-hybridized carbons (Fsp3) is 0.300. The number of imide groups is 1. The summed E-state index contributed by atoms with van der Waals surface area (Å²) >= 11 is 4.72. The van der Waals surface area contributed by atoms with Gasteiger partial charge in [-0.05, 0) is 54.9 Å². The molecule has 29 heavy (non-hydrogen) atoms. The van der Waals surface area contributed by atoms with Gasteiger partial charge in [-0.1, -0.05) is 12.1 Å². The Morgan fingerprint density at radius 1 is 1.10 bits per heavy atom. The first-order valence-corrected chi connectivity index (χ1v) is 9.23. The predicted octanol–water partition coefficient (Wildman–Crippen LogP) is 3.33. The topological polar surface area (TPSA) is 67.9 Å². The zero-order valence-electron chi connectivity index (χ0n) is 15.5. The van der Waals surface area contributed by atoms with Crippen LogP contribution in [0.15, 0.2) is 48.5 Å². The minimum Gasteiger partial charge on any atom is -0.497 e. The van der Waals surface area contributed by atoms with E-state index in [1.54, 1.807) is 7.11 Å². The third-order valence-electron chi connectivity index (χ3n) is 4.44. The monoisotopic (exact) mass is 424 g/mol. The molecule has 0 bridgehead atoms. The molecule has 0 saturated carbocycles. The van der Waals surface area contributed by atoms with Crippen LogP contribution in [0.5, 0.6) is 11.5 Å². The van der Waals surface area contributed by atoms with E-state index < -0.39 is 11.6 Å². The van der Waals surface area contributed by atoms with Crippen molar-refractivity contribution in [3.63, 3.8) is 0 Å². The largest absolute Gasteiger partial charge is 0.497 e. The van der Waals surface area contributed by atoms with Crippen LogP contribution in [0.25, 0.3) is 0 Å². The molecule has 2 aromatic carbocycles. The molecule has 1 atom stereocenters. The molecule has 1 unspecified atom stereocenters. The molecule has 1 aliphatic heterocycles. The molecular weight excluding hydrogens is 406 g/mol. The molecule has 1 heterocycles. The second kappa shape index (κ2) is 8.75. The van der Waals surface area contributed by atoms with Gasteiger partial charge in [0.2, 0.25) is 5.91 Å². The van der Waals surface area contributed by atoms with Gasteiger partial charge in [-0.3, -0.25) is 9.59 Å². The summed E-state index contributed by atoms with van der Waals surface area (Å²) in [5, 5.41) is 3.10. The first-order chi connectivity index (χ1) is 13.8. The minimum atomic E-state index is -3.83. The number of carbonyl (C=O) groups excluding carboxylic acids is 2. The number of anilines is 1. The van der Waals surface area contributed by atoms with Crippen LogP contribution in [-0.2, 0) is 16.0 Å². The van der Waals surface area contributed by atoms with Crippen molar-refractivity contribution in [3.05, 3.63) is 54.1 Å². The van der Waals surface area contributed by atoms with Crippen molar-refractivity contribution in [2.45, 2.75) is 24.5 Å². The van der Waals surface area contributed by atoms with Gasteiger partial charge in [0.25, 0.3) is 5.91 Å². The summed E-state index contributed by atoms with van der Waals surface area (Å²) in [5.74, 6) is -0.170. The number of rotatable bonds is 8. The van der Waals surface area contributed by atoms with E-state index >= 15 is 0 Å². The van der Waals surface area contributed by atoms with E-state index in [1.807, 2.05) is 24.3 Å². The van der Waals surface area contributed by atoms with Crippen LogP contribution < -0.4 is 19.7 Å². The van der Waals surface area contributed by atoms with Crippen molar-refractivity contribution in [1.82, 2.24) is 5.32 Å². The first kappa shape index (κ1) is 21.0. The van der Waals surface area contributed by atoms with E-state index in [1.165, 1.54) is 24.3 Å². The van der Waals surface area contributed by atoms with Gasteiger partial charge in [0.15, 0.2) is 0 Å². The van der Waals surface area contributed by atoms with Gasteiger partial charge in [-0.2, -0.15) is 0 Å². The molecule has 0 radical (unpaired) electrons. The van der Waals surface area contributed by atoms with E-state index in [9.17, 15) is 18.4 Å². The van der Waals surface area contributed by atoms with E-state index in [0.717, 1.165) is 16.2 Å². The lowest BCUT2D eigenvalue weighted by Crippen LogP contribution is -2.39. The molecule has 0 aromatic heterocycles. The Morgan fingerprint density at radius 3 is 2.31 bits per heavy atom. The van der Waals surface area contributed by atoms with Crippen LogP contribution in [0.3, 0.4) is 0 Å². The van der Waals surface area contributed by atoms with Crippen molar-refractivity contribution < 1.29 is 27.8 Å². The fourth-order valence-electron chi connectivity index (χ4n) is 3.04. The molecule has 6 nitrogen and oxygen atoms in total. The number of benzene rings is 2. The Hall–Kier alpha value is -2.71. The SMILES string of the molecule is COc1ccc(CCNC2CC(=O)N(c3ccc(OC(F)(F)Cl)cc3)C2=O)cc1.